The zero-order valence-electron chi connectivity index (χ0n) is 17.6. The summed E-state index contributed by atoms with van der Waals surface area (Å²) in [5, 5.41) is 0. The first-order valence-corrected chi connectivity index (χ1v) is 11.3. The van der Waals surface area contributed by atoms with Gasteiger partial charge in [0.05, 0.1) is 12.8 Å². The van der Waals surface area contributed by atoms with E-state index in [1.54, 1.807) is 17.0 Å². The van der Waals surface area contributed by atoms with E-state index in [4.69, 9.17) is 4.42 Å². The van der Waals surface area contributed by atoms with Crippen molar-refractivity contribution < 1.29 is 18.8 Å². The molecule has 0 bridgehead atoms. The number of piperazine rings is 1. The largest absolute Gasteiger partial charge is 0.459 e. The molecule has 3 fully saturated rings. The van der Waals surface area contributed by atoms with Crippen LogP contribution in [0.4, 0.5) is 0 Å². The number of amides is 3. The van der Waals surface area contributed by atoms with Crippen molar-refractivity contribution in [2.75, 3.05) is 52.4 Å². The first kappa shape index (κ1) is 20.9. The van der Waals surface area contributed by atoms with Crippen molar-refractivity contribution in [3.8, 4) is 0 Å². The third kappa shape index (κ3) is 4.69. The highest BCUT2D eigenvalue weighted by molar-refractivity contribution is 5.96. The molecular weight excluding hydrogens is 384 g/mol. The summed E-state index contributed by atoms with van der Waals surface area (Å²) >= 11 is 0. The summed E-state index contributed by atoms with van der Waals surface area (Å²) in [6, 6.07) is 2.92. The van der Waals surface area contributed by atoms with Gasteiger partial charge in [-0.05, 0) is 37.8 Å². The van der Waals surface area contributed by atoms with Crippen LogP contribution in [0.15, 0.2) is 22.8 Å². The summed E-state index contributed by atoms with van der Waals surface area (Å²) in [6.45, 7) is 5.37. The monoisotopic (exact) mass is 416 g/mol. The van der Waals surface area contributed by atoms with Crippen LogP contribution in [-0.2, 0) is 9.59 Å². The van der Waals surface area contributed by atoms with Gasteiger partial charge in [-0.25, -0.2) is 0 Å². The lowest BCUT2D eigenvalue weighted by Crippen LogP contribution is -2.55. The number of furan rings is 1. The van der Waals surface area contributed by atoms with E-state index in [1.165, 1.54) is 19.1 Å². The topological polar surface area (TPSA) is 77.3 Å². The molecule has 8 heteroatoms. The first-order chi connectivity index (χ1) is 14.6. The maximum Gasteiger partial charge on any atom is 0.290 e. The van der Waals surface area contributed by atoms with Crippen molar-refractivity contribution in [2.45, 2.75) is 44.6 Å². The van der Waals surface area contributed by atoms with Gasteiger partial charge in [0, 0.05) is 45.8 Å². The first-order valence-electron chi connectivity index (χ1n) is 11.3. The highest BCUT2D eigenvalue weighted by atomic mass is 16.3. The summed E-state index contributed by atoms with van der Waals surface area (Å²) in [5.74, 6) is 0.303. The average Bonchev–Trinajstić information content (AvgIpc) is 3.40. The molecule has 3 aliphatic rings. The second-order valence-corrected chi connectivity index (χ2v) is 8.53. The van der Waals surface area contributed by atoms with Crippen LogP contribution in [0.2, 0.25) is 0 Å². The molecule has 1 unspecified atom stereocenters. The molecule has 4 rings (SSSR count). The van der Waals surface area contributed by atoms with Gasteiger partial charge in [0.25, 0.3) is 5.91 Å². The molecule has 0 radical (unpaired) electrons. The molecule has 0 N–H and O–H groups in total. The molecule has 0 aliphatic carbocycles. The zero-order valence-corrected chi connectivity index (χ0v) is 17.6. The van der Waals surface area contributed by atoms with Gasteiger partial charge in [-0.2, -0.15) is 0 Å². The summed E-state index contributed by atoms with van der Waals surface area (Å²) in [5.41, 5.74) is 0. The van der Waals surface area contributed by atoms with Crippen molar-refractivity contribution >= 4 is 17.7 Å². The average molecular weight is 417 g/mol. The maximum atomic E-state index is 13.1. The molecule has 0 saturated carbocycles. The van der Waals surface area contributed by atoms with Crippen molar-refractivity contribution in [3.05, 3.63) is 24.2 Å². The van der Waals surface area contributed by atoms with Crippen LogP contribution < -0.4 is 0 Å². The minimum absolute atomic E-state index is 0.0194. The maximum absolute atomic E-state index is 13.1. The van der Waals surface area contributed by atoms with Crippen molar-refractivity contribution in [2.24, 2.45) is 0 Å². The Kier molecular flexibility index (Phi) is 6.72. The quantitative estimate of drug-likeness (QED) is 0.742. The number of rotatable bonds is 4. The third-order valence-corrected chi connectivity index (χ3v) is 6.53. The van der Waals surface area contributed by atoms with Crippen LogP contribution in [0.5, 0.6) is 0 Å². The Hall–Kier alpha value is -2.35. The fraction of sp³-hybridized carbons (Fsp3) is 0.682. The molecule has 8 nitrogen and oxygen atoms in total. The fourth-order valence-corrected chi connectivity index (χ4v) is 4.76. The molecule has 164 valence electrons. The second kappa shape index (κ2) is 9.64. The van der Waals surface area contributed by atoms with E-state index in [9.17, 15) is 14.4 Å². The predicted octanol–water partition coefficient (Wildman–Crippen LogP) is 1.43. The van der Waals surface area contributed by atoms with E-state index in [0.717, 1.165) is 32.4 Å². The lowest BCUT2D eigenvalue weighted by molar-refractivity contribution is -0.138. The van der Waals surface area contributed by atoms with Gasteiger partial charge in [-0.15, -0.1) is 0 Å². The Balaban J connectivity index is 1.27. The van der Waals surface area contributed by atoms with Gasteiger partial charge in [-0.1, -0.05) is 12.8 Å². The molecule has 3 amide bonds. The van der Waals surface area contributed by atoms with E-state index in [-0.39, 0.29) is 23.5 Å². The van der Waals surface area contributed by atoms with E-state index in [2.05, 4.69) is 4.90 Å². The lowest BCUT2D eigenvalue weighted by atomic mass is 10.1. The van der Waals surface area contributed by atoms with Gasteiger partial charge < -0.3 is 19.1 Å². The molecule has 30 heavy (non-hydrogen) atoms. The summed E-state index contributed by atoms with van der Waals surface area (Å²) in [4.78, 5) is 46.0. The number of carbonyl (C=O) groups excluding carboxylic acids is 3. The summed E-state index contributed by atoms with van der Waals surface area (Å²) in [7, 11) is 0. The van der Waals surface area contributed by atoms with Gasteiger partial charge in [0.2, 0.25) is 11.8 Å². The molecule has 1 aromatic heterocycles. The van der Waals surface area contributed by atoms with Crippen LogP contribution in [-0.4, -0.2) is 95.7 Å². The van der Waals surface area contributed by atoms with Crippen molar-refractivity contribution in [3.63, 3.8) is 0 Å². The second-order valence-electron chi connectivity index (χ2n) is 8.53. The van der Waals surface area contributed by atoms with Gasteiger partial charge >= 0.3 is 0 Å². The SMILES string of the molecule is O=C(CN1CCN(C(=O)C2CCCN2C(=O)c2ccco2)CC1)N1CCCCCC1. The normalized spacial score (nSPS) is 23.5. The Bertz CT molecular complexity index is 734. The number of hydrogen-bond acceptors (Lipinski definition) is 5. The molecule has 0 spiro atoms. The van der Waals surface area contributed by atoms with Gasteiger partial charge in [-0.3, -0.25) is 19.3 Å². The number of carbonyl (C=O) groups is 3. The summed E-state index contributed by atoms with van der Waals surface area (Å²) in [6.07, 6.45) is 7.62. The van der Waals surface area contributed by atoms with Crippen LogP contribution in [0, 0.1) is 0 Å². The van der Waals surface area contributed by atoms with Gasteiger partial charge in [0.15, 0.2) is 5.76 Å². The highest BCUT2D eigenvalue weighted by Gasteiger charge is 2.38. The van der Waals surface area contributed by atoms with Crippen LogP contribution in [0.3, 0.4) is 0 Å². The zero-order chi connectivity index (χ0) is 20.9. The minimum atomic E-state index is -0.409. The van der Waals surface area contributed by atoms with E-state index < -0.39 is 6.04 Å². The van der Waals surface area contributed by atoms with Crippen LogP contribution in [0.1, 0.15) is 49.1 Å². The Morgan fingerprint density at radius 1 is 0.867 bits per heavy atom. The molecule has 1 aromatic rings. The molecule has 3 aliphatic heterocycles. The molecule has 4 heterocycles. The highest BCUT2D eigenvalue weighted by Crippen LogP contribution is 2.23. The Morgan fingerprint density at radius 3 is 2.27 bits per heavy atom. The Morgan fingerprint density at radius 2 is 1.60 bits per heavy atom. The molecular formula is C22H32N4O4. The summed E-state index contributed by atoms with van der Waals surface area (Å²) < 4.78 is 5.23. The molecule has 1 atom stereocenters. The minimum Gasteiger partial charge on any atom is -0.459 e. The standard InChI is InChI=1S/C22H32N4O4/c27-20(24-9-3-1-2-4-10-24)17-23-12-14-25(15-13-23)21(28)18-7-5-11-26(18)22(29)19-8-6-16-30-19/h6,8,16,18H,1-5,7,9-15,17H2. The van der Waals surface area contributed by atoms with E-state index in [0.29, 0.717) is 45.7 Å². The number of nitrogens with zero attached hydrogens (tertiary/aromatic N) is 4. The number of hydrogen-bond donors (Lipinski definition) is 0. The molecule has 3 saturated heterocycles. The van der Waals surface area contributed by atoms with E-state index in [1.807, 2.05) is 9.80 Å². The number of likely N-dealkylation sites (tertiary alicyclic amines) is 2. The van der Waals surface area contributed by atoms with Crippen LogP contribution in [0.25, 0.3) is 0 Å². The smallest absolute Gasteiger partial charge is 0.290 e. The Labute approximate surface area is 177 Å². The van der Waals surface area contributed by atoms with E-state index >= 15 is 0 Å². The van der Waals surface area contributed by atoms with Gasteiger partial charge in [0.1, 0.15) is 6.04 Å². The fourth-order valence-electron chi connectivity index (χ4n) is 4.76. The van der Waals surface area contributed by atoms with Crippen molar-refractivity contribution in [1.29, 1.82) is 0 Å². The van der Waals surface area contributed by atoms with Crippen molar-refractivity contribution in [1.82, 2.24) is 19.6 Å². The lowest BCUT2D eigenvalue weighted by Gasteiger charge is -2.37. The predicted molar refractivity (Wildman–Crippen MR) is 111 cm³/mol. The van der Waals surface area contributed by atoms with Crippen LogP contribution >= 0.6 is 0 Å². The third-order valence-electron chi connectivity index (χ3n) is 6.53. The molecule has 0 aromatic carbocycles.